The minimum Gasteiger partial charge on any atom is -0.354 e. The lowest BCUT2D eigenvalue weighted by Gasteiger charge is -2.05. The van der Waals surface area contributed by atoms with E-state index >= 15 is 0 Å². The maximum atomic E-state index is 11.1. The second-order valence-corrected chi connectivity index (χ2v) is 5.19. The molecule has 0 saturated carbocycles. The van der Waals surface area contributed by atoms with E-state index in [-0.39, 0.29) is 5.69 Å². The van der Waals surface area contributed by atoms with Crippen LogP contribution in [0.2, 0.25) is 5.02 Å². The van der Waals surface area contributed by atoms with Crippen LogP contribution in [0.5, 0.6) is 0 Å². The Morgan fingerprint density at radius 2 is 1.86 bits per heavy atom. The largest absolute Gasteiger partial charge is 0.354 e. The number of aromatic nitrogens is 4. The average molecular weight is 316 g/mol. The Morgan fingerprint density at radius 1 is 1.14 bits per heavy atom. The highest BCUT2D eigenvalue weighted by Crippen LogP contribution is 2.13. The summed E-state index contributed by atoms with van der Waals surface area (Å²) in [6.45, 7) is 0.724. The third-order valence-corrected chi connectivity index (χ3v) is 3.42. The van der Waals surface area contributed by atoms with Gasteiger partial charge in [0.2, 0.25) is 5.95 Å². The first kappa shape index (κ1) is 14.3. The lowest BCUT2D eigenvalue weighted by atomic mass is 10.1. The van der Waals surface area contributed by atoms with Gasteiger partial charge in [-0.15, -0.1) is 0 Å². The number of benzene rings is 1. The third-order valence-electron chi connectivity index (χ3n) is 3.17. The van der Waals surface area contributed by atoms with Gasteiger partial charge in [-0.25, -0.2) is 14.8 Å². The SMILES string of the molecule is O=c1[nH]cc(-c2cnc(NCCc3ccc(Cl)cc3)nc2)[nH]1. The maximum absolute atomic E-state index is 11.1. The fourth-order valence-corrected chi connectivity index (χ4v) is 2.14. The molecule has 22 heavy (non-hydrogen) atoms. The minimum absolute atomic E-state index is 0.250. The molecule has 2 aromatic heterocycles. The van der Waals surface area contributed by atoms with Crippen molar-refractivity contribution < 1.29 is 0 Å². The van der Waals surface area contributed by atoms with Crippen LogP contribution in [-0.4, -0.2) is 26.5 Å². The van der Waals surface area contributed by atoms with E-state index in [1.807, 2.05) is 24.3 Å². The molecule has 3 aromatic rings. The maximum Gasteiger partial charge on any atom is 0.323 e. The summed E-state index contributed by atoms with van der Waals surface area (Å²) in [5, 5.41) is 3.89. The molecule has 0 atom stereocenters. The monoisotopic (exact) mass is 315 g/mol. The van der Waals surface area contributed by atoms with Gasteiger partial charge < -0.3 is 15.3 Å². The Bertz CT molecular complexity index is 792. The van der Waals surface area contributed by atoms with Crippen molar-refractivity contribution in [2.24, 2.45) is 0 Å². The second kappa shape index (κ2) is 6.44. The number of hydrogen-bond acceptors (Lipinski definition) is 4. The highest BCUT2D eigenvalue weighted by atomic mass is 35.5. The molecule has 0 unspecified atom stereocenters. The van der Waals surface area contributed by atoms with E-state index in [2.05, 4.69) is 25.3 Å². The topological polar surface area (TPSA) is 86.5 Å². The highest BCUT2D eigenvalue weighted by molar-refractivity contribution is 6.30. The summed E-state index contributed by atoms with van der Waals surface area (Å²) in [6, 6.07) is 7.74. The van der Waals surface area contributed by atoms with Crippen LogP contribution in [0.15, 0.2) is 47.7 Å². The van der Waals surface area contributed by atoms with Gasteiger partial charge in [0.1, 0.15) is 0 Å². The number of halogens is 1. The summed E-state index contributed by atoms with van der Waals surface area (Å²) in [4.78, 5) is 24.7. The van der Waals surface area contributed by atoms with Gasteiger partial charge in [0.25, 0.3) is 0 Å². The number of nitrogens with one attached hydrogen (secondary N) is 3. The fourth-order valence-electron chi connectivity index (χ4n) is 2.02. The molecule has 7 heteroatoms. The van der Waals surface area contributed by atoms with Gasteiger partial charge >= 0.3 is 5.69 Å². The Labute approximate surface area is 131 Å². The summed E-state index contributed by atoms with van der Waals surface area (Å²) >= 11 is 5.85. The van der Waals surface area contributed by atoms with Crippen LogP contribution in [0.3, 0.4) is 0 Å². The molecule has 2 heterocycles. The van der Waals surface area contributed by atoms with Crippen LogP contribution >= 0.6 is 11.6 Å². The minimum atomic E-state index is -0.250. The number of imidazole rings is 1. The fraction of sp³-hybridized carbons (Fsp3) is 0.133. The van der Waals surface area contributed by atoms with E-state index in [1.165, 1.54) is 5.56 Å². The molecule has 0 aliphatic carbocycles. The molecule has 6 nitrogen and oxygen atoms in total. The van der Waals surface area contributed by atoms with Gasteiger partial charge in [0.15, 0.2) is 0 Å². The Morgan fingerprint density at radius 3 is 2.50 bits per heavy atom. The van der Waals surface area contributed by atoms with E-state index in [1.54, 1.807) is 18.6 Å². The predicted molar refractivity (Wildman–Crippen MR) is 86.1 cm³/mol. The first-order chi connectivity index (χ1) is 10.7. The van der Waals surface area contributed by atoms with Gasteiger partial charge in [-0.05, 0) is 24.1 Å². The standard InChI is InChI=1S/C15H14ClN5O/c16-12-3-1-10(2-4-12)5-6-17-14-18-7-11(8-19-14)13-9-20-15(22)21-13/h1-4,7-9H,5-6H2,(H,17,18,19)(H2,20,21,22). The van der Waals surface area contributed by atoms with E-state index in [9.17, 15) is 4.79 Å². The molecule has 0 spiro atoms. The van der Waals surface area contributed by atoms with Crippen LogP contribution in [0, 0.1) is 0 Å². The Balaban J connectivity index is 1.57. The predicted octanol–water partition coefficient (Wildman–Crippen LogP) is 2.47. The van der Waals surface area contributed by atoms with Crippen molar-refractivity contribution in [3.8, 4) is 11.3 Å². The van der Waals surface area contributed by atoms with Crippen molar-refractivity contribution in [1.82, 2.24) is 19.9 Å². The number of aromatic amines is 2. The van der Waals surface area contributed by atoms with Crippen molar-refractivity contribution in [2.75, 3.05) is 11.9 Å². The number of hydrogen-bond donors (Lipinski definition) is 3. The number of H-pyrrole nitrogens is 2. The van der Waals surface area contributed by atoms with Gasteiger partial charge in [-0.2, -0.15) is 0 Å². The third kappa shape index (κ3) is 3.53. The normalized spacial score (nSPS) is 10.6. The quantitative estimate of drug-likeness (QED) is 0.675. The van der Waals surface area contributed by atoms with Crippen LogP contribution in [0.1, 0.15) is 5.56 Å². The number of anilines is 1. The summed E-state index contributed by atoms with van der Waals surface area (Å²) in [6.07, 6.45) is 5.77. The molecule has 3 N–H and O–H groups in total. The summed E-state index contributed by atoms with van der Waals surface area (Å²) < 4.78 is 0. The zero-order valence-corrected chi connectivity index (χ0v) is 12.4. The molecular weight excluding hydrogens is 302 g/mol. The van der Waals surface area contributed by atoms with Crippen molar-refractivity contribution in [2.45, 2.75) is 6.42 Å². The van der Waals surface area contributed by atoms with Crippen LogP contribution in [-0.2, 0) is 6.42 Å². The van der Waals surface area contributed by atoms with E-state index in [0.717, 1.165) is 23.6 Å². The first-order valence-electron chi connectivity index (χ1n) is 6.79. The smallest absolute Gasteiger partial charge is 0.323 e. The van der Waals surface area contributed by atoms with E-state index in [0.29, 0.717) is 11.6 Å². The molecule has 0 amide bonds. The van der Waals surface area contributed by atoms with Crippen LogP contribution in [0.25, 0.3) is 11.3 Å². The molecule has 112 valence electrons. The summed E-state index contributed by atoms with van der Waals surface area (Å²) in [7, 11) is 0. The lowest BCUT2D eigenvalue weighted by Crippen LogP contribution is -2.07. The molecule has 0 radical (unpaired) electrons. The van der Waals surface area contributed by atoms with E-state index < -0.39 is 0 Å². The molecule has 3 rings (SSSR count). The molecule has 0 aliphatic rings. The first-order valence-corrected chi connectivity index (χ1v) is 7.17. The van der Waals surface area contributed by atoms with Crippen molar-refractivity contribution in [1.29, 1.82) is 0 Å². The Hall–Kier alpha value is -2.60. The second-order valence-electron chi connectivity index (χ2n) is 4.76. The zero-order chi connectivity index (χ0) is 15.4. The summed E-state index contributed by atoms with van der Waals surface area (Å²) in [5.74, 6) is 0.551. The van der Waals surface area contributed by atoms with Crippen molar-refractivity contribution in [3.63, 3.8) is 0 Å². The van der Waals surface area contributed by atoms with Crippen molar-refractivity contribution in [3.05, 3.63) is 63.9 Å². The van der Waals surface area contributed by atoms with Gasteiger partial charge in [0, 0.05) is 35.7 Å². The number of nitrogens with zero attached hydrogens (tertiary/aromatic N) is 2. The lowest BCUT2D eigenvalue weighted by molar-refractivity contribution is 0.984. The average Bonchev–Trinajstić information content (AvgIpc) is 2.97. The highest BCUT2D eigenvalue weighted by Gasteiger charge is 2.02. The molecule has 1 aromatic carbocycles. The van der Waals surface area contributed by atoms with E-state index in [4.69, 9.17) is 11.6 Å². The molecule has 0 saturated heterocycles. The molecule has 0 fully saturated rings. The van der Waals surface area contributed by atoms with Crippen molar-refractivity contribution >= 4 is 17.5 Å². The molecule has 0 bridgehead atoms. The summed E-state index contributed by atoms with van der Waals surface area (Å²) in [5.41, 5.74) is 2.36. The zero-order valence-electron chi connectivity index (χ0n) is 11.6. The Kier molecular flexibility index (Phi) is 4.20. The van der Waals surface area contributed by atoms with Crippen LogP contribution in [0.4, 0.5) is 5.95 Å². The van der Waals surface area contributed by atoms with Crippen LogP contribution < -0.4 is 11.0 Å². The molecular formula is C15H14ClN5O. The van der Waals surface area contributed by atoms with Gasteiger partial charge in [-0.1, -0.05) is 23.7 Å². The molecule has 0 aliphatic heterocycles. The number of rotatable bonds is 5. The van der Waals surface area contributed by atoms with Gasteiger partial charge in [0.05, 0.1) is 5.69 Å². The van der Waals surface area contributed by atoms with Gasteiger partial charge in [-0.3, -0.25) is 0 Å².